The molecule has 14 heteroatoms. The Morgan fingerprint density at radius 1 is 1.16 bits per heavy atom. The molecular formula is C24H32F6N6O2. The number of ether oxygens (including phenoxy) is 1. The van der Waals surface area contributed by atoms with Crippen LogP contribution >= 0.6 is 0 Å². The number of imidazole rings is 1. The summed E-state index contributed by atoms with van der Waals surface area (Å²) in [7, 11) is 0. The Morgan fingerprint density at radius 2 is 1.84 bits per heavy atom. The average molecular weight is 551 g/mol. The SMILES string of the molecule is CC(C)(CC[C@H](N)c1cn2nc(C[C@H]3C[C@@H](C(F)(F)F)CNC3=O)c(C3CCOCC3)nc2n1)C(F)(F)F. The van der Waals surface area contributed by atoms with Crippen LogP contribution in [-0.4, -0.2) is 57.6 Å². The molecule has 0 spiro atoms. The number of piperidine rings is 1. The van der Waals surface area contributed by atoms with E-state index in [-0.39, 0.29) is 37.4 Å². The zero-order valence-corrected chi connectivity index (χ0v) is 21.2. The van der Waals surface area contributed by atoms with Crippen molar-refractivity contribution in [2.24, 2.45) is 23.0 Å². The van der Waals surface area contributed by atoms with Crippen molar-refractivity contribution in [3.63, 3.8) is 0 Å². The molecule has 38 heavy (non-hydrogen) atoms. The van der Waals surface area contributed by atoms with E-state index in [1.54, 1.807) is 0 Å². The fourth-order valence-corrected chi connectivity index (χ4v) is 4.87. The molecule has 2 aromatic heterocycles. The van der Waals surface area contributed by atoms with Gasteiger partial charge in [-0.1, -0.05) is 13.8 Å². The van der Waals surface area contributed by atoms with Crippen LogP contribution in [0.25, 0.3) is 5.78 Å². The first-order valence-corrected chi connectivity index (χ1v) is 12.7. The third kappa shape index (κ3) is 6.22. The molecule has 0 bridgehead atoms. The number of rotatable bonds is 7. The largest absolute Gasteiger partial charge is 0.393 e. The minimum atomic E-state index is -4.43. The molecule has 212 valence electrons. The molecular weight excluding hydrogens is 518 g/mol. The summed E-state index contributed by atoms with van der Waals surface area (Å²) in [5.41, 5.74) is 5.51. The molecule has 2 aliphatic rings. The summed E-state index contributed by atoms with van der Waals surface area (Å²) in [6, 6.07) is -0.799. The molecule has 0 aromatic carbocycles. The number of nitrogens with one attached hydrogen (secondary N) is 1. The molecule has 2 fully saturated rings. The molecule has 2 aliphatic heterocycles. The molecule has 0 aliphatic carbocycles. The summed E-state index contributed by atoms with van der Waals surface area (Å²) >= 11 is 0. The number of aromatic nitrogens is 4. The average Bonchev–Trinajstić information content (AvgIpc) is 3.25. The van der Waals surface area contributed by atoms with E-state index < -0.39 is 48.1 Å². The van der Waals surface area contributed by atoms with Gasteiger partial charge in [0.05, 0.1) is 34.6 Å². The van der Waals surface area contributed by atoms with Gasteiger partial charge in [-0.2, -0.15) is 31.4 Å². The number of carbonyl (C=O) groups excluding carboxylic acids is 1. The summed E-state index contributed by atoms with van der Waals surface area (Å²) in [5, 5.41) is 6.93. The minimum Gasteiger partial charge on any atom is -0.381 e. The number of halogens is 6. The van der Waals surface area contributed by atoms with Crippen molar-refractivity contribution < 1.29 is 35.9 Å². The number of nitrogens with zero attached hydrogens (tertiary/aromatic N) is 4. The van der Waals surface area contributed by atoms with E-state index in [1.807, 2.05) is 0 Å². The van der Waals surface area contributed by atoms with Gasteiger partial charge in [0.1, 0.15) is 0 Å². The monoisotopic (exact) mass is 550 g/mol. The topological polar surface area (TPSA) is 107 Å². The third-order valence-electron chi connectivity index (χ3n) is 7.63. The van der Waals surface area contributed by atoms with Gasteiger partial charge in [0.15, 0.2) is 0 Å². The van der Waals surface area contributed by atoms with Crippen molar-refractivity contribution in [1.29, 1.82) is 0 Å². The molecule has 8 nitrogen and oxygen atoms in total. The van der Waals surface area contributed by atoms with Gasteiger partial charge in [-0.3, -0.25) is 4.79 Å². The summed E-state index contributed by atoms with van der Waals surface area (Å²) in [6.07, 6.45) is -6.65. The highest BCUT2D eigenvalue weighted by Gasteiger charge is 2.47. The first-order chi connectivity index (χ1) is 17.7. The van der Waals surface area contributed by atoms with E-state index in [1.165, 1.54) is 10.7 Å². The summed E-state index contributed by atoms with van der Waals surface area (Å²) in [5.74, 6) is -2.94. The van der Waals surface area contributed by atoms with Crippen molar-refractivity contribution in [3.05, 3.63) is 23.3 Å². The maximum atomic E-state index is 13.4. The molecule has 0 saturated carbocycles. The van der Waals surface area contributed by atoms with E-state index in [0.717, 1.165) is 13.8 Å². The summed E-state index contributed by atoms with van der Waals surface area (Å²) < 4.78 is 86.6. The number of fused-ring (bicyclic) bond motifs is 1. The first-order valence-electron chi connectivity index (χ1n) is 12.7. The number of hydrogen-bond donors (Lipinski definition) is 2. The lowest BCUT2D eigenvalue weighted by molar-refractivity contribution is -0.214. The van der Waals surface area contributed by atoms with Crippen LogP contribution < -0.4 is 11.1 Å². The highest BCUT2D eigenvalue weighted by Crippen LogP contribution is 2.42. The Kier molecular flexibility index (Phi) is 7.95. The van der Waals surface area contributed by atoms with E-state index in [0.29, 0.717) is 43.1 Å². The van der Waals surface area contributed by atoms with Gasteiger partial charge >= 0.3 is 12.4 Å². The highest BCUT2D eigenvalue weighted by molar-refractivity contribution is 5.79. The van der Waals surface area contributed by atoms with Crippen molar-refractivity contribution in [2.45, 2.75) is 76.7 Å². The van der Waals surface area contributed by atoms with E-state index in [2.05, 4.69) is 20.4 Å². The summed E-state index contributed by atoms with van der Waals surface area (Å²) in [6.45, 7) is 2.74. The fraction of sp³-hybridized carbons (Fsp3) is 0.750. The van der Waals surface area contributed by atoms with Crippen molar-refractivity contribution in [3.8, 4) is 0 Å². The normalized spacial score (nSPS) is 23.0. The zero-order chi connectivity index (χ0) is 27.9. The molecule has 3 N–H and O–H groups in total. The predicted molar refractivity (Wildman–Crippen MR) is 124 cm³/mol. The van der Waals surface area contributed by atoms with Crippen LogP contribution in [0.1, 0.15) is 75.0 Å². The van der Waals surface area contributed by atoms with Crippen molar-refractivity contribution in [1.82, 2.24) is 24.9 Å². The quantitative estimate of drug-likeness (QED) is 0.500. The number of alkyl halides is 6. The molecule has 2 saturated heterocycles. The van der Waals surface area contributed by atoms with E-state index in [9.17, 15) is 31.1 Å². The van der Waals surface area contributed by atoms with Crippen LogP contribution in [-0.2, 0) is 16.0 Å². The van der Waals surface area contributed by atoms with Gasteiger partial charge in [-0.05, 0) is 32.1 Å². The van der Waals surface area contributed by atoms with Crippen molar-refractivity contribution >= 4 is 11.7 Å². The molecule has 2 aromatic rings. The number of hydrogen-bond acceptors (Lipinski definition) is 6. The second-order valence-electron chi connectivity index (χ2n) is 10.9. The Morgan fingerprint density at radius 3 is 2.47 bits per heavy atom. The zero-order valence-electron chi connectivity index (χ0n) is 21.2. The molecule has 3 atom stereocenters. The van der Waals surface area contributed by atoms with Gasteiger partial charge in [0, 0.05) is 44.1 Å². The van der Waals surface area contributed by atoms with E-state index >= 15 is 0 Å². The standard InChI is InChI=1S/C24H32F6N6O2/c1-22(2,24(28,29)30)6-3-16(31)18-12-36-21(33-18)34-19(13-4-7-38-8-5-13)17(35-36)10-14-9-15(23(25,26)27)11-32-20(14)37/h12-16H,3-11,31H2,1-2H3,(H,32,37)/t14-,15-,16+/m1/s1. The predicted octanol–water partition coefficient (Wildman–Crippen LogP) is 4.24. The second-order valence-corrected chi connectivity index (χ2v) is 10.9. The minimum absolute atomic E-state index is 0.0249. The molecule has 0 unspecified atom stereocenters. The lowest BCUT2D eigenvalue weighted by Crippen LogP contribution is -2.47. The van der Waals surface area contributed by atoms with Gasteiger partial charge in [0.25, 0.3) is 5.78 Å². The highest BCUT2D eigenvalue weighted by atomic mass is 19.4. The smallest absolute Gasteiger partial charge is 0.381 e. The number of nitrogens with two attached hydrogens (primary N) is 1. The lowest BCUT2D eigenvalue weighted by Gasteiger charge is -2.31. The first kappa shape index (κ1) is 28.5. The molecule has 0 radical (unpaired) electrons. The van der Waals surface area contributed by atoms with E-state index in [4.69, 9.17) is 10.5 Å². The van der Waals surface area contributed by atoms with Crippen LogP contribution in [0.4, 0.5) is 26.3 Å². The molecule has 1 amide bonds. The van der Waals surface area contributed by atoms with Crippen LogP contribution in [0.2, 0.25) is 0 Å². The van der Waals surface area contributed by atoms with Crippen LogP contribution in [0.5, 0.6) is 0 Å². The Labute approximate surface area is 215 Å². The van der Waals surface area contributed by atoms with Crippen LogP contribution in [0.3, 0.4) is 0 Å². The fourth-order valence-electron chi connectivity index (χ4n) is 4.87. The maximum absolute atomic E-state index is 13.4. The van der Waals surface area contributed by atoms with Gasteiger partial charge in [-0.25, -0.2) is 14.5 Å². The number of amides is 1. The van der Waals surface area contributed by atoms with Gasteiger partial charge in [0.2, 0.25) is 5.91 Å². The Balaban J connectivity index is 1.62. The Hall–Kier alpha value is -2.48. The van der Waals surface area contributed by atoms with Crippen molar-refractivity contribution in [2.75, 3.05) is 19.8 Å². The maximum Gasteiger partial charge on any atom is 0.393 e. The van der Waals surface area contributed by atoms with Crippen LogP contribution in [0, 0.1) is 17.3 Å². The van der Waals surface area contributed by atoms with Crippen LogP contribution in [0.15, 0.2) is 6.20 Å². The molecule has 4 rings (SSSR count). The summed E-state index contributed by atoms with van der Waals surface area (Å²) in [4.78, 5) is 21.5. The molecule has 4 heterocycles. The number of carbonyl (C=O) groups is 1. The van der Waals surface area contributed by atoms with Gasteiger partial charge in [-0.15, -0.1) is 0 Å². The second kappa shape index (κ2) is 10.6. The lowest BCUT2D eigenvalue weighted by atomic mass is 9.84. The Bertz CT molecular complexity index is 1140. The third-order valence-corrected chi connectivity index (χ3v) is 7.63. The van der Waals surface area contributed by atoms with Gasteiger partial charge < -0.3 is 15.8 Å².